The van der Waals surface area contributed by atoms with Crippen molar-refractivity contribution in [2.45, 2.75) is 13.3 Å². The maximum Gasteiger partial charge on any atom is 0.229 e. The van der Waals surface area contributed by atoms with Gasteiger partial charge >= 0.3 is 0 Å². The molecule has 1 aliphatic heterocycles. The summed E-state index contributed by atoms with van der Waals surface area (Å²) in [6, 6.07) is 7.10. The lowest BCUT2D eigenvalue weighted by Gasteiger charge is -2.14. The van der Waals surface area contributed by atoms with Crippen molar-refractivity contribution >= 4 is 35.6 Å². The minimum absolute atomic E-state index is 0. The molecule has 2 rings (SSSR count). The van der Waals surface area contributed by atoms with Crippen LogP contribution in [0.15, 0.2) is 24.3 Å². The molecule has 104 valence electrons. The van der Waals surface area contributed by atoms with Gasteiger partial charge in [-0.2, -0.15) is 0 Å². The van der Waals surface area contributed by atoms with Crippen LogP contribution in [0.1, 0.15) is 13.3 Å². The minimum atomic E-state index is -0.281. The Kier molecular flexibility index (Phi) is 5.18. The molecule has 1 aromatic carbocycles. The van der Waals surface area contributed by atoms with E-state index in [0.29, 0.717) is 24.5 Å². The van der Waals surface area contributed by atoms with E-state index in [9.17, 15) is 9.59 Å². The van der Waals surface area contributed by atoms with Crippen LogP contribution in [0.3, 0.4) is 0 Å². The largest absolute Gasteiger partial charge is 0.397 e. The Bertz CT molecular complexity index is 479. The molecule has 5 nitrogen and oxygen atoms in total. The number of amides is 2. The summed E-state index contributed by atoms with van der Waals surface area (Å²) in [5.74, 6) is -0.382. The number of carbonyl (C=O) groups is 2. The van der Waals surface area contributed by atoms with E-state index < -0.39 is 0 Å². The molecule has 0 saturated carbocycles. The molecule has 1 unspecified atom stereocenters. The summed E-state index contributed by atoms with van der Waals surface area (Å²) in [5, 5.41) is 2.77. The zero-order valence-corrected chi connectivity index (χ0v) is 11.6. The molecule has 1 aliphatic rings. The van der Waals surface area contributed by atoms with Gasteiger partial charge < -0.3 is 16.0 Å². The average Bonchev–Trinajstić information content (AvgIpc) is 2.73. The number of para-hydroxylation sites is 2. The maximum atomic E-state index is 12.0. The van der Waals surface area contributed by atoms with Gasteiger partial charge in [0.15, 0.2) is 0 Å². The van der Waals surface area contributed by atoms with E-state index in [-0.39, 0.29) is 36.6 Å². The fraction of sp³-hybridized carbons (Fsp3) is 0.385. The molecule has 0 radical (unpaired) electrons. The SMILES string of the molecule is CCN1CC(C(=O)Nc2ccccc2N)CC1=O.Cl. The Morgan fingerprint density at radius 3 is 2.74 bits per heavy atom. The summed E-state index contributed by atoms with van der Waals surface area (Å²) in [5.41, 5.74) is 6.89. The molecule has 1 saturated heterocycles. The van der Waals surface area contributed by atoms with Crippen molar-refractivity contribution in [3.05, 3.63) is 24.3 Å². The summed E-state index contributed by atoms with van der Waals surface area (Å²) < 4.78 is 0. The van der Waals surface area contributed by atoms with Crippen molar-refractivity contribution < 1.29 is 9.59 Å². The fourth-order valence-corrected chi connectivity index (χ4v) is 2.10. The Balaban J connectivity index is 0.00000180. The first-order valence-corrected chi connectivity index (χ1v) is 6.05. The summed E-state index contributed by atoms with van der Waals surface area (Å²) in [6.45, 7) is 3.05. The van der Waals surface area contributed by atoms with Crippen molar-refractivity contribution in [1.29, 1.82) is 0 Å². The lowest BCUT2D eigenvalue weighted by Crippen LogP contribution is -2.28. The van der Waals surface area contributed by atoms with E-state index in [0.717, 1.165) is 0 Å². The van der Waals surface area contributed by atoms with Gasteiger partial charge in [0.1, 0.15) is 0 Å². The first kappa shape index (κ1) is 15.3. The van der Waals surface area contributed by atoms with Crippen LogP contribution >= 0.6 is 12.4 Å². The van der Waals surface area contributed by atoms with Crippen LogP contribution < -0.4 is 11.1 Å². The van der Waals surface area contributed by atoms with Gasteiger partial charge in [-0.1, -0.05) is 12.1 Å². The molecule has 3 N–H and O–H groups in total. The van der Waals surface area contributed by atoms with Crippen molar-refractivity contribution in [2.75, 3.05) is 24.1 Å². The predicted octanol–water partition coefficient (Wildman–Crippen LogP) is 1.50. The molecule has 0 bridgehead atoms. The third-order valence-electron chi connectivity index (χ3n) is 3.19. The number of hydrogen-bond donors (Lipinski definition) is 2. The van der Waals surface area contributed by atoms with E-state index in [2.05, 4.69) is 5.32 Å². The number of nitrogens with zero attached hydrogens (tertiary/aromatic N) is 1. The Labute approximate surface area is 118 Å². The topological polar surface area (TPSA) is 75.4 Å². The number of hydrogen-bond acceptors (Lipinski definition) is 3. The number of rotatable bonds is 3. The zero-order chi connectivity index (χ0) is 13.1. The van der Waals surface area contributed by atoms with Crippen LogP contribution in [0.2, 0.25) is 0 Å². The highest BCUT2D eigenvalue weighted by Gasteiger charge is 2.33. The number of carbonyl (C=O) groups excluding carboxylic acids is 2. The predicted molar refractivity (Wildman–Crippen MR) is 77.1 cm³/mol. The van der Waals surface area contributed by atoms with Gasteiger partial charge in [-0.05, 0) is 19.1 Å². The first-order chi connectivity index (χ1) is 8.61. The summed E-state index contributed by atoms with van der Waals surface area (Å²) in [6.07, 6.45) is 0.284. The molecule has 1 atom stereocenters. The molecule has 0 spiro atoms. The first-order valence-electron chi connectivity index (χ1n) is 6.05. The third-order valence-corrected chi connectivity index (χ3v) is 3.19. The van der Waals surface area contributed by atoms with Gasteiger partial charge in [-0.15, -0.1) is 12.4 Å². The Morgan fingerprint density at radius 2 is 2.16 bits per heavy atom. The van der Waals surface area contributed by atoms with Gasteiger partial charge in [0.25, 0.3) is 0 Å². The summed E-state index contributed by atoms with van der Waals surface area (Å²) in [4.78, 5) is 25.3. The number of anilines is 2. The van der Waals surface area contributed by atoms with Gasteiger partial charge in [-0.3, -0.25) is 9.59 Å². The van der Waals surface area contributed by atoms with Gasteiger partial charge in [-0.25, -0.2) is 0 Å². The van der Waals surface area contributed by atoms with Gasteiger partial charge in [0.2, 0.25) is 11.8 Å². The van der Waals surface area contributed by atoms with Gasteiger partial charge in [0, 0.05) is 19.5 Å². The van der Waals surface area contributed by atoms with E-state index >= 15 is 0 Å². The fourth-order valence-electron chi connectivity index (χ4n) is 2.10. The smallest absolute Gasteiger partial charge is 0.229 e. The molecule has 2 amide bonds. The Hall–Kier alpha value is -1.75. The minimum Gasteiger partial charge on any atom is -0.397 e. The van der Waals surface area contributed by atoms with Crippen LogP contribution in [-0.2, 0) is 9.59 Å². The molecule has 1 aromatic rings. The molecule has 1 fully saturated rings. The second-order valence-electron chi connectivity index (χ2n) is 4.41. The Morgan fingerprint density at radius 1 is 1.47 bits per heavy atom. The molecular formula is C13H18ClN3O2. The highest BCUT2D eigenvalue weighted by atomic mass is 35.5. The van der Waals surface area contributed by atoms with Crippen LogP contribution in [-0.4, -0.2) is 29.8 Å². The highest BCUT2D eigenvalue weighted by molar-refractivity contribution is 5.98. The van der Waals surface area contributed by atoms with E-state index in [1.165, 1.54) is 0 Å². The second-order valence-corrected chi connectivity index (χ2v) is 4.41. The maximum absolute atomic E-state index is 12.0. The van der Waals surface area contributed by atoms with Crippen molar-refractivity contribution in [3.63, 3.8) is 0 Å². The van der Waals surface area contributed by atoms with Crippen molar-refractivity contribution in [2.24, 2.45) is 5.92 Å². The molecule has 19 heavy (non-hydrogen) atoms. The van der Waals surface area contributed by atoms with Crippen LogP contribution in [0, 0.1) is 5.92 Å². The lowest BCUT2D eigenvalue weighted by atomic mass is 10.1. The van der Waals surface area contributed by atoms with Crippen LogP contribution in [0.5, 0.6) is 0 Å². The van der Waals surface area contributed by atoms with Gasteiger partial charge in [0.05, 0.1) is 17.3 Å². The van der Waals surface area contributed by atoms with E-state index in [4.69, 9.17) is 5.73 Å². The number of likely N-dealkylation sites (tertiary alicyclic amines) is 1. The molecule has 6 heteroatoms. The lowest BCUT2D eigenvalue weighted by molar-refractivity contribution is -0.128. The number of halogens is 1. The van der Waals surface area contributed by atoms with Crippen LogP contribution in [0.4, 0.5) is 11.4 Å². The second kappa shape index (κ2) is 6.43. The zero-order valence-electron chi connectivity index (χ0n) is 10.8. The number of nitrogens with one attached hydrogen (secondary N) is 1. The summed E-state index contributed by atoms with van der Waals surface area (Å²) >= 11 is 0. The standard InChI is InChI=1S/C13H17N3O2.ClH/c1-2-16-8-9(7-12(16)17)13(18)15-11-6-4-3-5-10(11)14;/h3-6,9H,2,7-8,14H2,1H3,(H,15,18);1H. The van der Waals surface area contributed by atoms with Crippen molar-refractivity contribution in [3.8, 4) is 0 Å². The monoisotopic (exact) mass is 283 g/mol. The number of benzene rings is 1. The molecular weight excluding hydrogens is 266 g/mol. The number of nitrogens with two attached hydrogens (primary N) is 1. The van der Waals surface area contributed by atoms with Crippen molar-refractivity contribution in [1.82, 2.24) is 4.90 Å². The number of nitrogen functional groups attached to an aromatic ring is 1. The third kappa shape index (κ3) is 3.38. The van der Waals surface area contributed by atoms with E-state index in [1.54, 1.807) is 17.0 Å². The summed E-state index contributed by atoms with van der Waals surface area (Å²) in [7, 11) is 0. The molecule has 0 aromatic heterocycles. The molecule has 0 aliphatic carbocycles. The normalized spacial score (nSPS) is 18.1. The highest BCUT2D eigenvalue weighted by Crippen LogP contribution is 2.22. The van der Waals surface area contributed by atoms with Crippen LogP contribution in [0.25, 0.3) is 0 Å². The average molecular weight is 284 g/mol. The van der Waals surface area contributed by atoms with E-state index in [1.807, 2.05) is 19.1 Å². The quantitative estimate of drug-likeness (QED) is 0.826. The molecule has 1 heterocycles.